The number of carbonyl (C=O) groups is 2. The van der Waals surface area contributed by atoms with Crippen LogP contribution in [0.2, 0.25) is 0 Å². The lowest BCUT2D eigenvalue weighted by Crippen LogP contribution is -2.37. The fourth-order valence-electron chi connectivity index (χ4n) is 2.17. The molecule has 1 amide bonds. The minimum absolute atomic E-state index is 0.00765. The Bertz CT molecular complexity index is 580. The fraction of sp³-hybridized carbons (Fsp3) is 0.429. The number of aliphatic carboxylic acids is 1. The highest BCUT2D eigenvalue weighted by Gasteiger charge is 2.42. The Hall–Kier alpha value is -1.63. The third-order valence-corrected chi connectivity index (χ3v) is 4.08. The van der Waals surface area contributed by atoms with E-state index < -0.39 is 17.2 Å². The Morgan fingerprint density at radius 1 is 1.52 bits per heavy atom. The molecule has 7 heteroatoms. The highest BCUT2D eigenvalue weighted by Crippen LogP contribution is 2.30. The minimum atomic E-state index is -0.919. The number of hydrogen-bond acceptors (Lipinski definition) is 3. The topological polar surface area (TPSA) is 66.8 Å². The molecule has 1 aliphatic rings. The van der Waals surface area contributed by atoms with Crippen molar-refractivity contribution in [2.24, 2.45) is 5.41 Å². The van der Waals surface area contributed by atoms with E-state index in [1.54, 1.807) is 13.0 Å². The summed E-state index contributed by atoms with van der Waals surface area (Å²) in [6.07, 6.45) is 0.403. The number of rotatable bonds is 4. The van der Waals surface area contributed by atoms with Gasteiger partial charge in [-0.25, -0.2) is 4.39 Å². The lowest BCUT2D eigenvalue weighted by Gasteiger charge is -2.20. The van der Waals surface area contributed by atoms with Gasteiger partial charge in [-0.3, -0.25) is 9.59 Å². The zero-order valence-corrected chi connectivity index (χ0v) is 13.0. The number of benzene rings is 1. The molecule has 0 bridgehead atoms. The molecule has 1 atom stereocenters. The number of amides is 1. The summed E-state index contributed by atoms with van der Waals surface area (Å²) in [6.45, 7) is 1.81. The molecule has 1 heterocycles. The third-order valence-electron chi connectivity index (χ3n) is 3.59. The maximum atomic E-state index is 13.5. The molecule has 1 aromatic carbocycles. The van der Waals surface area contributed by atoms with Crippen molar-refractivity contribution in [3.05, 3.63) is 28.5 Å². The van der Waals surface area contributed by atoms with Crippen molar-refractivity contribution in [3.63, 3.8) is 0 Å². The molecule has 5 nitrogen and oxygen atoms in total. The molecule has 21 heavy (non-hydrogen) atoms. The zero-order valence-electron chi connectivity index (χ0n) is 11.4. The molecule has 0 aromatic heterocycles. The Morgan fingerprint density at radius 3 is 2.81 bits per heavy atom. The number of ether oxygens (including phenoxy) is 1. The van der Waals surface area contributed by atoms with E-state index in [4.69, 9.17) is 9.84 Å². The van der Waals surface area contributed by atoms with Gasteiger partial charge in [0.15, 0.2) is 18.2 Å². The molecule has 1 saturated heterocycles. The number of halogens is 2. The predicted molar refractivity (Wildman–Crippen MR) is 76.5 cm³/mol. The second-order valence-corrected chi connectivity index (χ2v) is 6.21. The first-order valence-electron chi connectivity index (χ1n) is 6.41. The summed E-state index contributed by atoms with van der Waals surface area (Å²) in [5.74, 6) is -1.83. The Balaban J connectivity index is 1.93. The van der Waals surface area contributed by atoms with E-state index in [0.29, 0.717) is 17.4 Å². The van der Waals surface area contributed by atoms with Gasteiger partial charge in [0, 0.05) is 17.6 Å². The van der Waals surface area contributed by atoms with Crippen LogP contribution in [0.25, 0.3) is 0 Å². The summed E-state index contributed by atoms with van der Waals surface area (Å²) in [5, 5.41) is 9.12. The van der Waals surface area contributed by atoms with Crippen LogP contribution in [-0.4, -0.2) is 41.6 Å². The van der Waals surface area contributed by atoms with Crippen LogP contribution >= 0.6 is 15.9 Å². The van der Waals surface area contributed by atoms with Gasteiger partial charge in [0.1, 0.15) is 0 Å². The van der Waals surface area contributed by atoms with Crippen LogP contribution in [0.3, 0.4) is 0 Å². The number of likely N-dealkylation sites (tertiary alicyclic amines) is 1. The van der Waals surface area contributed by atoms with Crippen LogP contribution in [0.1, 0.15) is 13.3 Å². The molecule has 0 spiro atoms. The maximum absolute atomic E-state index is 13.5. The SMILES string of the molecule is C[C@@]1(C(=O)O)CCN(C(=O)COc2ccc(Br)cc2F)C1. The summed E-state index contributed by atoms with van der Waals surface area (Å²) in [5.41, 5.74) is -0.918. The lowest BCUT2D eigenvalue weighted by molar-refractivity contribution is -0.147. The fourth-order valence-corrected chi connectivity index (χ4v) is 2.50. The van der Waals surface area contributed by atoms with Gasteiger partial charge in [0.25, 0.3) is 5.91 Å². The van der Waals surface area contributed by atoms with Crippen molar-refractivity contribution >= 4 is 27.8 Å². The molecule has 0 unspecified atom stereocenters. The van der Waals surface area contributed by atoms with E-state index in [9.17, 15) is 14.0 Å². The number of carbonyl (C=O) groups excluding carboxylic acids is 1. The monoisotopic (exact) mass is 359 g/mol. The van der Waals surface area contributed by atoms with Crippen molar-refractivity contribution in [3.8, 4) is 5.75 Å². The molecule has 114 valence electrons. The zero-order chi connectivity index (χ0) is 15.6. The normalized spacial score (nSPS) is 21.4. The minimum Gasteiger partial charge on any atom is -0.481 e. The number of carboxylic acid groups (broad SMARTS) is 1. The van der Waals surface area contributed by atoms with Gasteiger partial charge >= 0.3 is 5.97 Å². The third kappa shape index (κ3) is 3.53. The Labute approximate surface area is 129 Å². The van der Waals surface area contributed by atoms with E-state index in [0.717, 1.165) is 0 Å². The van der Waals surface area contributed by atoms with Gasteiger partial charge in [-0.05, 0) is 31.5 Å². The predicted octanol–water partition coefficient (Wildman–Crippen LogP) is 2.29. The first kappa shape index (κ1) is 15.8. The van der Waals surface area contributed by atoms with Crippen molar-refractivity contribution in [1.29, 1.82) is 0 Å². The summed E-state index contributed by atoms with van der Waals surface area (Å²) >= 11 is 3.13. The first-order valence-corrected chi connectivity index (χ1v) is 7.20. The number of carboxylic acids is 1. The van der Waals surface area contributed by atoms with Crippen LogP contribution in [0, 0.1) is 11.2 Å². The molecule has 1 aliphatic heterocycles. The molecular formula is C14H15BrFNO4. The molecule has 2 rings (SSSR count). The average molecular weight is 360 g/mol. The van der Waals surface area contributed by atoms with Gasteiger partial charge in [0.2, 0.25) is 0 Å². The van der Waals surface area contributed by atoms with Gasteiger partial charge in [0.05, 0.1) is 5.41 Å². The van der Waals surface area contributed by atoms with E-state index in [1.165, 1.54) is 17.0 Å². The van der Waals surface area contributed by atoms with Crippen molar-refractivity contribution in [1.82, 2.24) is 4.90 Å². The van der Waals surface area contributed by atoms with Gasteiger partial charge < -0.3 is 14.7 Å². The molecular weight excluding hydrogens is 345 g/mol. The average Bonchev–Trinajstić information content (AvgIpc) is 2.82. The van der Waals surface area contributed by atoms with E-state index in [2.05, 4.69) is 15.9 Å². The molecule has 0 saturated carbocycles. The molecule has 1 fully saturated rings. The molecule has 0 aliphatic carbocycles. The highest BCUT2D eigenvalue weighted by molar-refractivity contribution is 9.10. The second kappa shape index (κ2) is 6.01. The van der Waals surface area contributed by atoms with Crippen molar-refractivity contribution in [2.45, 2.75) is 13.3 Å². The van der Waals surface area contributed by atoms with E-state index in [-0.39, 0.29) is 24.8 Å². The quantitative estimate of drug-likeness (QED) is 0.895. The Morgan fingerprint density at radius 2 is 2.24 bits per heavy atom. The summed E-state index contributed by atoms with van der Waals surface area (Å²) in [4.78, 5) is 24.5. The summed E-state index contributed by atoms with van der Waals surface area (Å²) in [7, 11) is 0. The summed E-state index contributed by atoms with van der Waals surface area (Å²) < 4.78 is 19.3. The van der Waals surface area contributed by atoms with Crippen LogP contribution < -0.4 is 4.74 Å². The maximum Gasteiger partial charge on any atom is 0.311 e. The van der Waals surface area contributed by atoms with E-state index in [1.807, 2.05) is 0 Å². The lowest BCUT2D eigenvalue weighted by atomic mass is 9.90. The molecule has 1 N–H and O–H groups in total. The number of nitrogens with zero attached hydrogens (tertiary/aromatic N) is 1. The first-order chi connectivity index (χ1) is 9.82. The van der Waals surface area contributed by atoms with Gasteiger partial charge in [-0.1, -0.05) is 15.9 Å². The Kier molecular flexibility index (Phi) is 4.51. The van der Waals surface area contributed by atoms with E-state index >= 15 is 0 Å². The van der Waals surface area contributed by atoms with Crippen molar-refractivity contribution in [2.75, 3.05) is 19.7 Å². The smallest absolute Gasteiger partial charge is 0.311 e. The molecule has 1 aromatic rings. The highest BCUT2D eigenvalue weighted by atomic mass is 79.9. The second-order valence-electron chi connectivity index (χ2n) is 5.29. The molecule has 0 radical (unpaired) electrons. The van der Waals surface area contributed by atoms with Crippen LogP contribution in [0.4, 0.5) is 4.39 Å². The standard InChI is InChI=1S/C14H15BrFNO4/c1-14(13(19)20)4-5-17(8-14)12(18)7-21-11-3-2-9(15)6-10(11)16/h2-3,6H,4-5,7-8H2,1H3,(H,19,20)/t14-/m1/s1. The number of hydrogen-bond donors (Lipinski definition) is 1. The van der Waals surface area contributed by atoms with Crippen LogP contribution in [-0.2, 0) is 9.59 Å². The van der Waals surface area contributed by atoms with Crippen LogP contribution in [0.5, 0.6) is 5.75 Å². The van der Waals surface area contributed by atoms with Crippen molar-refractivity contribution < 1.29 is 23.8 Å². The summed E-state index contributed by atoms with van der Waals surface area (Å²) in [6, 6.07) is 4.29. The van der Waals surface area contributed by atoms with Crippen LogP contribution in [0.15, 0.2) is 22.7 Å². The largest absolute Gasteiger partial charge is 0.481 e. The van der Waals surface area contributed by atoms with Gasteiger partial charge in [-0.15, -0.1) is 0 Å². The van der Waals surface area contributed by atoms with Gasteiger partial charge in [-0.2, -0.15) is 0 Å².